The molecule has 1 aliphatic heterocycles. The van der Waals surface area contributed by atoms with E-state index in [0.717, 1.165) is 25.7 Å². The highest BCUT2D eigenvalue weighted by Gasteiger charge is 2.43. The predicted molar refractivity (Wildman–Crippen MR) is 76.9 cm³/mol. The van der Waals surface area contributed by atoms with Crippen LogP contribution in [0.1, 0.15) is 59.8 Å². The quantitative estimate of drug-likeness (QED) is 0.842. The number of hydrogen-bond acceptors (Lipinski definition) is 2. The average molecular weight is 265 g/mol. The summed E-state index contributed by atoms with van der Waals surface area (Å²) in [6.07, 6.45) is 5.51. The van der Waals surface area contributed by atoms with Crippen LogP contribution in [0.4, 0.5) is 0 Å². The maximum atomic E-state index is 12.3. The van der Waals surface area contributed by atoms with E-state index in [2.05, 4.69) is 20.8 Å². The SMILES string of the molecule is CC1=C(O)C(C)(CCC(C)C)CN(C2CCC2)C1=O. The molecular formula is C16H27NO2. The minimum absolute atomic E-state index is 0.0456. The molecule has 1 unspecified atom stereocenters. The van der Waals surface area contributed by atoms with Crippen molar-refractivity contribution in [1.82, 2.24) is 4.90 Å². The van der Waals surface area contributed by atoms with Gasteiger partial charge in [0.1, 0.15) is 5.76 Å². The van der Waals surface area contributed by atoms with E-state index >= 15 is 0 Å². The molecule has 0 aromatic heterocycles. The number of aliphatic hydroxyl groups excluding tert-OH is 1. The highest BCUT2D eigenvalue weighted by atomic mass is 16.3. The van der Waals surface area contributed by atoms with Crippen molar-refractivity contribution in [2.45, 2.75) is 65.8 Å². The fourth-order valence-corrected chi connectivity index (χ4v) is 3.09. The fourth-order valence-electron chi connectivity index (χ4n) is 3.09. The van der Waals surface area contributed by atoms with Crippen molar-refractivity contribution >= 4 is 5.91 Å². The summed E-state index contributed by atoms with van der Waals surface area (Å²) in [5, 5.41) is 10.4. The molecule has 1 atom stereocenters. The predicted octanol–water partition coefficient (Wildman–Crippen LogP) is 3.66. The van der Waals surface area contributed by atoms with Gasteiger partial charge in [-0.2, -0.15) is 0 Å². The van der Waals surface area contributed by atoms with Crippen LogP contribution in [0.2, 0.25) is 0 Å². The Balaban J connectivity index is 2.20. The van der Waals surface area contributed by atoms with E-state index in [4.69, 9.17) is 0 Å². The summed E-state index contributed by atoms with van der Waals surface area (Å²) >= 11 is 0. The summed E-state index contributed by atoms with van der Waals surface area (Å²) in [6, 6.07) is 0.411. The highest BCUT2D eigenvalue weighted by molar-refractivity contribution is 5.94. The maximum absolute atomic E-state index is 12.3. The highest BCUT2D eigenvalue weighted by Crippen LogP contribution is 2.41. The lowest BCUT2D eigenvalue weighted by atomic mass is 9.75. The molecule has 1 amide bonds. The molecule has 1 saturated carbocycles. The van der Waals surface area contributed by atoms with Gasteiger partial charge in [0.2, 0.25) is 0 Å². The lowest BCUT2D eigenvalue weighted by molar-refractivity contribution is -0.135. The number of nitrogens with zero attached hydrogens (tertiary/aromatic N) is 1. The van der Waals surface area contributed by atoms with Crippen molar-refractivity contribution in [3.8, 4) is 0 Å². The van der Waals surface area contributed by atoms with E-state index in [0.29, 0.717) is 29.8 Å². The molecule has 0 aromatic rings. The van der Waals surface area contributed by atoms with Crippen LogP contribution < -0.4 is 0 Å². The molecule has 108 valence electrons. The average Bonchev–Trinajstić information content (AvgIpc) is 2.29. The first-order valence-corrected chi connectivity index (χ1v) is 7.56. The minimum atomic E-state index is -0.252. The molecule has 3 nitrogen and oxygen atoms in total. The fraction of sp³-hybridized carbons (Fsp3) is 0.812. The Bertz CT molecular complexity index is 396. The van der Waals surface area contributed by atoms with Crippen molar-refractivity contribution in [3.63, 3.8) is 0 Å². The molecule has 0 saturated heterocycles. The third-order valence-electron chi connectivity index (χ3n) is 4.82. The molecule has 1 heterocycles. The van der Waals surface area contributed by atoms with Gasteiger partial charge >= 0.3 is 0 Å². The smallest absolute Gasteiger partial charge is 0.253 e. The van der Waals surface area contributed by atoms with Crippen LogP contribution in [0, 0.1) is 11.3 Å². The van der Waals surface area contributed by atoms with Gasteiger partial charge in [-0.15, -0.1) is 0 Å². The Hall–Kier alpha value is -0.990. The summed E-state index contributed by atoms with van der Waals surface area (Å²) in [5.74, 6) is 0.998. The van der Waals surface area contributed by atoms with Gasteiger partial charge in [-0.25, -0.2) is 0 Å². The minimum Gasteiger partial charge on any atom is -0.511 e. The van der Waals surface area contributed by atoms with Crippen LogP contribution in [0.3, 0.4) is 0 Å². The van der Waals surface area contributed by atoms with Crippen LogP contribution in [-0.4, -0.2) is 28.5 Å². The van der Waals surface area contributed by atoms with Crippen LogP contribution in [0.5, 0.6) is 0 Å². The standard InChI is InChI=1S/C16H27NO2/c1-11(2)8-9-16(4)10-17(13-6-5-7-13)15(19)12(3)14(16)18/h11,13,18H,5-10H2,1-4H3. The van der Waals surface area contributed by atoms with E-state index in [1.54, 1.807) is 6.92 Å². The van der Waals surface area contributed by atoms with Crippen LogP contribution in [-0.2, 0) is 4.79 Å². The molecule has 1 fully saturated rings. The number of carbonyl (C=O) groups excluding carboxylic acids is 1. The first-order valence-electron chi connectivity index (χ1n) is 7.56. The first kappa shape index (κ1) is 14.4. The molecular weight excluding hydrogens is 238 g/mol. The second-order valence-corrected chi connectivity index (χ2v) is 6.98. The maximum Gasteiger partial charge on any atom is 0.253 e. The zero-order valence-electron chi connectivity index (χ0n) is 12.7. The Morgan fingerprint density at radius 2 is 2.05 bits per heavy atom. The molecule has 0 bridgehead atoms. The molecule has 0 radical (unpaired) electrons. The Labute approximate surface area is 116 Å². The molecule has 1 aliphatic carbocycles. The van der Waals surface area contributed by atoms with Crippen LogP contribution >= 0.6 is 0 Å². The number of rotatable bonds is 4. The topological polar surface area (TPSA) is 40.5 Å². The number of amides is 1. The van der Waals surface area contributed by atoms with Gasteiger partial charge in [0.05, 0.1) is 5.57 Å². The van der Waals surface area contributed by atoms with Gasteiger partial charge < -0.3 is 10.0 Å². The van der Waals surface area contributed by atoms with Crippen molar-refractivity contribution in [2.24, 2.45) is 11.3 Å². The zero-order chi connectivity index (χ0) is 14.2. The normalized spacial score (nSPS) is 29.1. The van der Waals surface area contributed by atoms with Gasteiger partial charge in [-0.1, -0.05) is 20.8 Å². The molecule has 3 heteroatoms. The third-order valence-corrected chi connectivity index (χ3v) is 4.82. The van der Waals surface area contributed by atoms with Crippen molar-refractivity contribution < 1.29 is 9.90 Å². The summed E-state index contributed by atoms with van der Waals surface area (Å²) in [7, 11) is 0. The number of carbonyl (C=O) groups is 1. The monoisotopic (exact) mass is 265 g/mol. The van der Waals surface area contributed by atoms with E-state index < -0.39 is 0 Å². The molecule has 0 spiro atoms. The Morgan fingerprint density at radius 3 is 2.53 bits per heavy atom. The Kier molecular flexibility index (Phi) is 3.93. The van der Waals surface area contributed by atoms with Gasteiger partial charge in [0.25, 0.3) is 5.91 Å². The van der Waals surface area contributed by atoms with Gasteiger partial charge in [0, 0.05) is 18.0 Å². The third kappa shape index (κ3) is 2.65. The van der Waals surface area contributed by atoms with Gasteiger partial charge in [-0.05, 0) is 44.9 Å². The number of hydrogen-bond donors (Lipinski definition) is 1. The molecule has 2 aliphatic rings. The Morgan fingerprint density at radius 1 is 1.42 bits per heavy atom. The largest absolute Gasteiger partial charge is 0.511 e. The van der Waals surface area contributed by atoms with Gasteiger partial charge in [0.15, 0.2) is 0 Å². The number of aliphatic hydroxyl groups is 1. The second kappa shape index (κ2) is 5.18. The lowest BCUT2D eigenvalue weighted by Crippen LogP contribution is -2.53. The molecule has 19 heavy (non-hydrogen) atoms. The summed E-state index contributed by atoms with van der Waals surface area (Å²) in [5.41, 5.74) is 0.308. The summed E-state index contributed by atoms with van der Waals surface area (Å²) < 4.78 is 0. The zero-order valence-corrected chi connectivity index (χ0v) is 12.7. The van der Waals surface area contributed by atoms with E-state index in [9.17, 15) is 9.90 Å². The molecule has 2 rings (SSSR count). The molecule has 0 aromatic carbocycles. The van der Waals surface area contributed by atoms with E-state index in [-0.39, 0.29) is 11.3 Å². The molecule has 1 N–H and O–H groups in total. The second-order valence-electron chi connectivity index (χ2n) is 6.98. The van der Waals surface area contributed by atoms with Crippen molar-refractivity contribution in [1.29, 1.82) is 0 Å². The van der Waals surface area contributed by atoms with Gasteiger partial charge in [-0.3, -0.25) is 4.79 Å². The van der Waals surface area contributed by atoms with Crippen molar-refractivity contribution in [2.75, 3.05) is 6.54 Å². The van der Waals surface area contributed by atoms with Crippen LogP contribution in [0.15, 0.2) is 11.3 Å². The summed E-state index contributed by atoms with van der Waals surface area (Å²) in [6.45, 7) is 8.97. The van der Waals surface area contributed by atoms with E-state index in [1.807, 2.05) is 4.90 Å². The van der Waals surface area contributed by atoms with E-state index in [1.165, 1.54) is 6.42 Å². The lowest BCUT2D eigenvalue weighted by Gasteiger charge is -2.46. The summed E-state index contributed by atoms with van der Waals surface area (Å²) in [4.78, 5) is 14.3. The van der Waals surface area contributed by atoms with Crippen molar-refractivity contribution in [3.05, 3.63) is 11.3 Å². The first-order chi connectivity index (χ1) is 8.85. The van der Waals surface area contributed by atoms with Crippen LogP contribution in [0.25, 0.3) is 0 Å².